The molecule has 1 amide bonds. The van der Waals surface area contributed by atoms with Crippen molar-refractivity contribution in [1.82, 2.24) is 24.9 Å². The van der Waals surface area contributed by atoms with E-state index in [4.69, 9.17) is 4.74 Å². The van der Waals surface area contributed by atoms with Crippen molar-refractivity contribution in [1.29, 1.82) is 0 Å². The molecule has 0 unspecified atom stereocenters. The predicted molar refractivity (Wildman–Crippen MR) is 110 cm³/mol. The van der Waals surface area contributed by atoms with Gasteiger partial charge in [0.1, 0.15) is 29.0 Å². The Balaban J connectivity index is 1.45. The molecule has 0 saturated heterocycles. The second-order valence-electron chi connectivity index (χ2n) is 7.66. The number of hydrogen-bond acceptors (Lipinski definition) is 8. The minimum Gasteiger partial charge on any atom is -0.473 e. The summed E-state index contributed by atoms with van der Waals surface area (Å²) in [7, 11) is 1.78. The fourth-order valence-corrected chi connectivity index (χ4v) is 3.40. The summed E-state index contributed by atoms with van der Waals surface area (Å²) >= 11 is 0. The number of nitrogens with zero attached hydrogens (tertiary/aromatic N) is 4. The van der Waals surface area contributed by atoms with Crippen LogP contribution in [0.3, 0.4) is 0 Å². The van der Waals surface area contributed by atoms with Crippen LogP contribution in [0.1, 0.15) is 36.0 Å². The van der Waals surface area contributed by atoms with Gasteiger partial charge in [0.2, 0.25) is 5.88 Å². The van der Waals surface area contributed by atoms with Crippen molar-refractivity contribution in [2.24, 2.45) is 0 Å². The van der Waals surface area contributed by atoms with Crippen LogP contribution >= 0.6 is 0 Å². The first-order valence-electron chi connectivity index (χ1n) is 10.0. The zero-order chi connectivity index (χ0) is 20.7. The van der Waals surface area contributed by atoms with Crippen LogP contribution < -0.4 is 20.7 Å². The van der Waals surface area contributed by atoms with E-state index in [2.05, 4.69) is 31.0 Å². The van der Waals surface area contributed by atoms with Gasteiger partial charge in [-0.1, -0.05) is 0 Å². The van der Waals surface area contributed by atoms with E-state index < -0.39 is 0 Å². The Kier molecular flexibility index (Phi) is 4.62. The third kappa shape index (κ3) is 3.61. The van der Waals surface area contributed by atoms with E-state index in [0.717, 1.165) is 12.8 Å². The van der Waals surface area contributed by atoms with Gasteiger partial charge in [0, 0.05) is 25.4 Å². The zero-order valence-electron chi connectivity index (χ0n) is 16.5. The average molecular weight is 409 g/mol. The summed E-state index contributed by atoms with van der Waals surface area (Å²) in [5.74, 6) is 1.48. The van der Waals surface area contributed by atoms with Crippen LogP contribution in [-0.2, 0) is 0 Å². The summed E-state index contributed by atoms with van der Waals surface area (Å²) in [6, 6.07) is 5.48. The van der Waals surface area contributed by atoms with Crippen molar-refractivity contribution >= 4 is 28.9 Å². The molecule has 2 aliphatic rings. The third-order valence-electron chi connectivity index (χ3n) is 5.26. The number of aliphatic hydroxyl groups is 1. The first kappa shape index (κ1) is 18.6. The van der Waals surface area contributed by atoms with Crippen LogP contribution in [-0.4, -0.2) is 55.9 Å². The lowest BCUT2D eigenvalue weighted by Crippen LogP contribution is -2.46. The highest BCUT2D eigenvalue weighted by molar-refractivity contribution is 6.00. The summed E-state index contributed by atoms with van der Waals surface area (Å²) in [4.78, 5) is 21.7. The molecule has 156 valence electrons. The molecule has 0 aromatic carbocycles. The van der Waals surface area contributed by atoms with Crippen LogP contribution in [0.5, 0.6) is 5.88 Å². The number of hydrogen-bond donors (Lipinski definition) is 4. The smallest absolute Gasteiger partial charge is 0.256 e. The molecule has 0 atom stereocenters. The van der Waals surface area contributed by atoms with Crippen molar-refractivity contribution in [3.05, 3.63) is 36.2 Å². The molecule has 10 nitrogen and oxygen atoms in total. The lowest BCUT2D eigenvalue weighted by Gasteiger charge is -2.31. The molecular weight excluding hydrogens is 386 g/mol. The lowest BCUT2D eigenvalue weighted by atomic mass is 9.89. The Morgan fingerprint density at radius 1 is 1.33 bits per heavy atom. The van der Waals surface area contributed by atoms with Crippen LogP contribution in [0.25, 0.3) is 5.65 Å². The molecule has 10 heteroatoms. The van der Waals surface area contributed by atoms with Gasteiger partial charge in [0.15, 0.2) is 5.65 Å². The first-order valence-corrected chi connectivity index (χ1v) is 10.0. The summed E-state index contributed by atoms with van der Waals surface area (Å²) < 4.78 is 7.46. The predicted octanol–water partition coefficient (Wildman–Crippen LogP) is 1.70. The van der Waals surface area contributed by atoms with E-state index in [1.807, 2.05) is 12.1 Å². The molecular formula is C20H23N7O3. The van der Waals surface area contributed by atoms with Crippen LogP contribution in [0.15, 0.2) is 30.6 Å². The fraction of sp³-hybridized carbons (Fsp3) is 0.400. The SMILES string of the molecule is CNc1cc(Nc2cccnc2OC2CC2)nc2c(C(=O)N[C@H]3C[C@H](O)C3)cnn12. The largest absolute Gasteiger partial charge is 0.473 e. The topological polar surface area (TPSA) is 126 Å². The first-order chi connectivity index (χ1) is 14.6. The maximum absolute atomic E-state index is 12.7. The standard InChI is InChI=1S/C20H23N7O3/c1-21-17-9-16(25-15-3-2-6-22-20(15)30-13-4-5-13)26-18-14(10-23-27(17)18)19(29)24-11-7-12(28)8-11/h2-3,6,9-13,21,28H,4-5,7-8H2,1H3,(H,24,29)(H,25,26)/t11-,12-. The van der Waals surface area contributed by atoms with E-state index in [1.165, 1.54) is 6.20 Å². The highest BCUT2D eigenvalue weighted by Gasteiger charge is 2.30. The van der Waals surface area contributed by atoms with Gasteiger partial charge in [-0.2, -0.15) is 9.61 Å². The summed E-state index contributed by atoms with van der Waals surface area (Å²) in [5.41, 5.74) is 1.50. The molecule has 4 N–H and O–H groups in total. The molecule has 2 saturated carbocycles. The monoisotopic (exact) mass is 409 g/mol. The Hall–Kier alpha value is -3.40. The van der Waals surface area contributed by atoms with E-state index in [0.29, 0.717) is 47.3 Å². The highest BCUT2D eigenvalue weighted by Crippen LogP contribution is 2.32. The van der Waals surface area contributed by atoms with Gasteiger partial charge in [-0.15, -0.1) is 0 Å². The molecule has 0 bridgehead atoms. The zero-order valence-corrected chi connectivity index (χ0v) is 16.5. The number of carbonyl (C=O) groups excluding carboxylic acids is 1. The van der Waals surface area contributed by atoms with Gasteiger partial charge >= 0.3 is 0 Å². The van der Waals surface area contributed by atoms with E-state index in [1.54, 1.807) is 23.8 Å². The van der Waals surface area contributed by atoms with Gasteiger partial charge in [0.05, 0.1) is 12.3 Å². The number of amides is 1. The molecule has 5 rings (SSSR count). The molecule has 3 aromatic heterocycles. The quantitative estimate of drug-likeness (QED) is 0.465. The lowest BCUT2D eigenvalue weighted by molar-refractivity contribution is 0.0563. The van der Waals surface area contributed by atoms with Crippen LogP contribution in [0.2, 0.25) is 0 Å². The van der Waals surface area contributed by atoms with Crippen molar-refractivity contribution in [2.75, 3.05) is 17.7 Å². The number of pyridine rings is 1. The van der Waals surface area contributed by atoms with Crippen LogP contribution in [0.4, 0.5) is 17.3 Å². The summed E-state index contributed by atoms with van der Waals surface area (Å²) in [6.45, 7) is 0. The van der Waals surface area contributed by atoms with Crippen LogP contribution in [0, 0.1) is 0 Å². The van der Waals surface area contributed by atoms with Gasteiger partial charge in [-0.25, -0.2) is 9.97 Å². The van der Waals surface area contributed by atoms with Crippen molar-refractivity contribution < 1.29 is 14.6 Å². The molecule has 30 heavy (non-hydrogen) atoms. The molecule has 3 aromatic rings. The fourth-order valence-electron chi connectivity index (χ4n) is 3.40. The highest BCUT2D eigenvalue weighted by atomic mass is 16.5. The number of fused-ring (bicyclic) bond motifs is 1. The molecule has 2 fully saturated rings. The molecule has 0 spiro atoms. The number of aliphatic hydroxyl groups excluding tert-OH is 1. The second-order valence-corrected chi connectivity index (χ2v) is 7.66. The van der Waals surface area contributed by atoms with E-state index in [9.17, 15) is 9.90 Å². The summed E-state index contributed by atoms with van der Waals surface area (Å²) in [5, 5.41) is 23.0. The number of anilines is 3. The number of ether oxygens (including phenoxy) is 1. The van der Waals surface area contributed by atoms with Gasteiger partial charge in [-0.3, -0.25) is 4.79 Å². The Bertz CT molecular complexity index is 1090. The number of nitrogens with one attached hydrogen (secondary N) is 3. The minimum atomic E-state index is -0.337. The van der Waals surface area contributed by atoms with Crippen molar-refractivity contribution in [3.8, 4) is 5.88 Å². The minimum absolute atomic E-state index is 0.0231. The van der Waals surface area contributed by atoms with Crippen molar-refractivity contribution in [3.63, 3.8) is 0 Å². The second kappa shape index (κ2) is 7.45. The maximum Gasteiger partial charge on any atom is 0.256 e. The molecule has 3 heterocycles. The third-order valence-corrected chi connectivity index (χ3v) is 5.26. The Morgan fingerprint density at radius 3 is 2.90 bits per heavy atom. The average Bonchev–Trinajstić information content (AvgIpc) is 3.43. The van der Waals surface area contributed by atoms with E-state index >= 15 is 0 Å². The maximum atomic E-state index is 12.7. The number of carbonyl (C=O) groups is 1. The Labute approximate surface area is 172 Å². The van der Waals surface area contributed by atoms with Crippen molar-refractivity contribution in [2.45, 2.75) is 43.9 Å². The number of rotatable bonds is 7. The van der Waals surface area contributed by atoms with Gasteiger partial charge in [0.25, 0.3) is 5.91 Å². The Morgan fingerprint density at radius 2 is 2.17 bits per heavy atom. The van der Waals surface area contributed by atoms with Gasteiger partial charge < -0.3 is 25.8 Å². The normalized spacial score (nSPS) is 20.5. The van der Waals surface area contributed by atoms with E-state index in [-0.39, 0.29) is 24.2 Å². The molecule has 0 aliphatic heterocycles. The number of aromatic nitrogens is 4. The summed E-state index contributed by atoms with van der Waals surface area (Å²) in [6.07, 6.45) is 6.29. The van der Waals surface area contributed by atoms with Gasteiger partial charge in [-0.05, 0) is 37.8 Å². The molecule has 0 radical (unpaired) electrons. The molecule has 2 aliphatic carbocycles.